The summed E-state index contributed by atoms with van der Waals surface area (Å²) in [5.41, 5.74) is 2.04. The molecule has 3 heteroatoms. The second kappa shape index (κ2) is 5.58. The minimum atomic E-state index is 0.156. The van der Waals surface area contributed by atoms with Gasteiger partial charge in [-0.15, -0.1) is 0 Å². The van der Waals surface area contributed by atoms with Gasteiger partial charge in [0.1, 0.15) is 0 Å². The van der Waals surface area contributed by atoms with Gasteiger partial charge in [0.2, 0.25) is 0 Å². The highest BCUT2D eigenvalue weighted by Crippen LogP contribution is 2.43. The second-order valence-corrected chi connectivity index (χ2v) is 6.26. The van der Waals surface area contributed by atoms with Crippen LogP contribution in [0.25, 0.3) is 0 Å². The third-order valence-corrected chi connectivity index (χ3v) is 4.99. The van der Waals surface area contributed by atoms with Crippen LogP contribution in [0.15, 0.2) is 60.7 Å². The normalized spacial score (nSPS) is 26.9. The molecule has 22 heavy (non-hydrogen) atoms. The Kier molecular flexibility index (Phi) is 3.43. The zero-order chi connectivity index (χ0) is 14.9. The second-order valence-electron chi connectivity index (χ2n) is 6.26. The van der Waals surface area contributed by atoms with E-state index in [0.29, 0.717) is 11.8 Å². The molecule has 0 saturated carbocycles. The molecule has 0 bridgehead atoms. The average Bonchev–Trinajstić information content (AvgIpc) is 3.16. The quantitative estimate of drug-likeness (QED) is 0.923. The van der Waals surface area contributed by atoms with E-state index in [4.69, 9.17) is 0 Å². The fourth-order valence-corrected chi connectivity index (χ4v) is 3.95. The molecule has 0 unspecified atom stereocenters. The van der Waals surface area contributed by atoms with Crippen LogP contribution in [0, 0.1) is 11.8 Å². The zero-order valence-corrected chi connectivity index (χ0v) is 12.5. The molecule has 1 N–H and O–H groups in total. The Balaban J connectivity index is 1.70. The van der Waals surface area contributed by atoms with Crippen molar-refractivity contribution in [3.63, 3.8) is 0 Å². The summed E-state index contributed by atoms with van der Waals surface area (Å²) in [6.45, 7) is 2.88. The van der Waals surface area contributed by atoms with Crippen LogP contribution in [0.4, 0.5) is 0 Å². The number of nitrogens with one attached hydrogen (secondary N) is 1. The number of amides is 1. The van der Waals surface area contributed by atoms with Gasteiger partial charge in [0.25, 0.3) is 5.91 Å². The maximum Gasteiger partial charge on any atom is 0.254 e. The van der Waals surface area contributed by atoms with Gasteiger partial charge >= 0.3 is 0 Å². The molecule has 0 aromatic heterocycles. The molecule has 2 aromatic carbocycles. The van der Waals surface area contributed by atoms with Gasteiger partial charge < -0.3 is 10.2 Å². The Morgan fingerprint density at radius 1 is 0.955 bits per heavy atom. The number of hydrogen-bond acceptors (Lipinski definition) is 2. The van der Waals surface area contributed by atoms with E-state index >= 15 is 0 Å². The largest absolute Gasteiger partial charge is 0.331 e. The molecule has 0 radical (unpaired) electrons. The molecule has 0 aliphatic carbocycles. The molecule has 3 atom stereocenters. The standard InChI is InChI=1S/C19H20N2O/c22-19(15-9-5-2-6-10-15)21-13-16-11-20-12-17(16)18(21)14-7-3-1-4-8-14/h1-10,16-18,20H,11-13H2/t16-,17-,18-/m0/s1. The lowest BCUT2D eigenvalue weighted by atomic mass is 9.89. The first-order valence-corrected chi connectivity index (χ1v) is 7.96. The SMILES string of the molecule is O=C(c1ccccc1)N1C[C@@H]2CNC[C@@H]2[C@@H]1c1ccccc1. The highest BCUT2D eigenvalue weighted by atomic mass is 16.2. The van der Waals surface area contributed by atoms with E-state index < -0.39 is 0 Å². The smallest absolute Gasteiger partial charge is 0.254 e. The third-order valence-electron chi connectivity index (χ3n) is 4.99. The summed E-state index contributed by atoms with van der Waals surface area (Å²) in [4.78, 5) is 15.1. The van der Waals surface area contributed by atoms with E-state index in [9.17, 15) is 4.79 Å². The first kappa shape index (κ1) is 13.5. The number of carbonyl (C=O) groups excluding carboxylic acids is 1. The lowest BCUT2D eigenvalue weighted by Crippen LogP contribution is -2.34. The van der Waals surface area contributed by atoms with Crippen molar-refractivity contribution in [2.24, 2.45) is 11.8 Å². The number of fused-ring (bicyclic) bond motifs is 1. The lowest BCUT2D eigenvalue weighted by molar-refractivity contribution is 0.0714. The number of nitrogens with zero attached hydrogens (tertiary/aromatic N) is 1. The minimum Gasteiger partial charge on any atom is -0.331 e. The van der Waals surface area contributed by atoms with Crippen LogP contribution in [-0.2, 0) is 0 Å². The van der Waals surface area contributed by atoms with E-state index in [2.05, 4.69) is 34.5 Å². The lowest BCUT2D eigenvalue weighted by Gasteiger charge is -2.28. The van der Waals surface area contributed by atoms with Crippen molar-refractivity contribution >= 4 is 5.91 Å². The minimum absolute atomic E-state index is 0.156. The molecule has 3 nitrogen and oxygen atoms in total. The maximum absolute atomic E-state index is 13.0. The fraction of sp³-hybridized carbons (Fsp3) is 0.316. The Bertz CT molecular complexity index is 656. The van der Waals surface area contributed by atoms with Gasteiger partial charge in [0, 0.05) is 31.1 Å². The summed E-state index contributed by atoms with van der Waals surface area (Å²) in [6, 6.07) is 20.3. The number of benzene rings is 2. The fourth-order valence-electron chi connectivity index (χ4n) is 3.95. The van der Waals surface area contributed by atoms with Crippen molar-refractivity contribution in [1.82, 2.24) is 10.2 Å². The maximum atomic E-state index is 13.0. The van der Waals surface area contributed by atoms with E-state index in [1.807, 2.05) is 36.4 Å². The topological polar surface area (TPSA) is 32.3 Å². The highest BCUT2D eigenvalue weighted by Gasteiger charge is 2.46. The van der Waals surface area contributed by atoms with Gasteiger partial charge in [-0.2, -0.15) is 0 Å². The van der Waals surface area contributed by atoms with Gasteiger partial charge in [0.15, 0.2) is 0 Å². The number of rotatable bonds is 2. The van der Waals surface area contributed by atoms with Crippen LogP contribution in [0.5, 0.6) is 0 Å². The van der Waals surface area contributed by atoms with Crippen molar-refractivity contribution < 1.29 is 4.79 Å². The van der Waals surface area contributed by atoms with Crippen LogP contribution in [0.1, 0.15) is 22.0 Å². The molecule has 2 aromatic rings. The van der Waals surface area contributed by atoms with E-state index in [0.717, 1.165) is 25.2 Å². The van der Waals surface area contributed by atoms with Gasteiger partial charge in [-0.3, -0.25) is 4.79 Å². The molecule has 2 aliphatic heterocycles. The Morgan fingerprint density at radius 3 is 2.36 bits per heavy atom. The first-order chi connectivity index (χ1) is 10.8. The van der Waals surface area contributed by atoms with Crippen molar-refractivity contribution in [3.8, 4) is 0 Å². The highest BCUT2D eigenvalue weighted by molar-refractivity contribution is 5.94. The van der Waals surface area contributed by atoms with Gasteiger partial charge in [0.05, 0.1) is 6.04 Å². The Hall–Kier alpha value is -2.13. The van der Waals surface area contributed by atoms with E-state index in [1.165, 1.54) is 5.56 Å². The number of likely N-dealkylation sites (tertiary alicyclic amines) is 1. The van der Waals surface area contributed by atoms with Crippen LogP contribution < -0.4 is 5.32 Å². The number of hydrogen-bond donors (Lipinski definition) is 1. The average molecular weight is 292 g/mol. The molecular weight excluding hydrogens is 272 g/mol. The molecule has 2 saturated heterocycles. The molecule has 2 aliphatic rings. The summed E-state index contributed by atoms with van der Waals surface area (Å²) in [6.07, 6.45) is 0. The van der Waals surface area contributed by atoms with Gasteiger partial charge in [-0.05, 0) is 23.6 Å². The summed E-state index contributed by atoms with van der Waals surface area (Å²) < 4.78 is 0. The summed E-state index contributed by atoms with van der Waals surface area (Å²) in [5, 5.41) is 3.49. The molecule has 112 valence electrons. The van der Waals surface area contributed by atoms with E-state index in [1.54, 1.807) is 0 Å². The third kappa shape index (κ3) is 2.22. The van der Waals surface area contributed by atoms with Crippen molar-refractivity contribution in [2.45, 2.75) is 6.04 Å². The number of carbonyl (C=O) groups is 1. The van der Waals surface area contributed by atoms with E-state index in [-0.39, 0.29) is 11.9 Å². The van der Waals surface area contributed by atoms with Crippen molar-refractivity contribution in [2.75, 3.05) is 19.6 Å². The predicted octanol–water partition coefficient (Wildman–Crippen LogP) is 2.72. The van der Waals surface area contributed by atoms with Gasteiger partial charge in [-0.25, -0.2) is 0 Å². The van der Waals surface area contributed by atoms with Crippen LogP contribution in [-0.4, -0.2) is 30.4 Å². The first-order valence-electron chi connectivity index (χ1n) is 7.96. The molecular formula is C19H20N2O. The Morgan fingerprint density at radius 2 is 1.64 bits per heavy atom. The summed E-state index contributed by atoms with van der Waals surface area (Å²) >= 11 is 0. The van der Waals surface area contributed by atoms with Crippen LogP contribution in [0.3, 0.4) is 0 Å². The zero-order valence-electron chi connectivity index (χ0n) is 12.5. The Labute approximate surface area is 131 Å². The molecule has 2 fully saturated rings. The molecule has 1 amide bonds. The van der Waals surface area contributed by atoms with Crippen molar-refractivity contribution in [3.05, 3.63) is 71.8 Å². The molecule has 4 rings (SSSR count). The monoisotopic (exact) mass is 292 g/mol. The van der Waals surface area contributed by atoms with Crippen LogP contribution >= 0.6 is 0 Å². The van der Waals surface area contributed by atoms with Crippen LogP contribution in [0.2, 0.25) is 0 Å². The van der Waals surface area contributed by atoms with Gasteiger partial charge in [-0.1, -0.05) is 48.5 Å². The van der Waals surface area contributed by atoms with Crippen molar-refractivity contribution in [1.29, 1.82) is 0 Å². The molecule has 2 heterocycles. The molecule has 0 spiro atoms. The predicted molar refractivity (Wildman–Crippen MR) is 86.5 cm³/mol. The summed E-state index contributed by atoms with van der Waals surface area (Å²) in [7, 11) is 0. The summed E-state index contributed by atoms with van der Waals surface area (Å²) in [5.74, 6) is 1.25.